The van der Waals surface area contributed by atoms with Gasteiger partial charge in [0.1, 0.15) is 5.82 Å². The number of hydrogen-bond acceptors (Lipinski definition) is 2. The summed E-state index contributed by atoms with van der Waals surface area (Å²) in [5, 5.41) is 0.794. The highest BCUT2D eigenvalue weighted by atomic mass is 35.5. The lowest BCUT2D eigenvalue weighted by Crippen LogP contribution is -2.14. The Labute approximate surface area is 115 Å². The fraction of sp³-hybridized carbons (Fsp3) is 0.462. The third-order valence-electron chi connectivity index (χ3n) is 3.45. The molecule has 1 N–H and O–H groups in total. The monoisotopic (exact) mass is 284 g/mol. The van der Waals surface area contributed by atoms with E-state index in [0.29, 0.717) is 11.8 Å². The SMILES string of the molecule is ClCc1nc2c(C3CCOCC3)c(Cl)ccc2[nH]1. The number of rotatable bonds is 2. The molecule has 18 heavy (non-hydrogen) atoms. The number of nitrogens with one attached hydrogen (secondary N) is 1. The highest BCUT2D eigenvalue weighted by Crippen LogP contribution is 2.36. The van der Waals surface area contributed by atoms with E-state index in [1.807, 2.05) is 12.1 Å². The van der Waals surface area contributed by atoms with Gasteiger partial charge in [-0.3, -0.25) is 0 Å². The Morgan fingerprint density at radius 1 is 1.33 bits per heavy atom. The Kier molecular flexibility index (Phi) is 3.46. The summed E-state index contributed by atoms with van der Waals surface area (Å²) in [5.74, 6) is 1.61. The summed E-state index contributed by atoms with van der Waals surface area (Å²) in [6.45, 7) is 1.59. The number of alkyl halides is 1. The van der Waals surface area contributed by atoms with Crippen LogP contribution in [-0.2, 0) is 10.6 Å². The predicted molar refractivity (Wildman–Crippen MR) is 73.5 cm³/mol. The van der Waals surface area contributed by atoms with Crippen LogP contribution in [-0.4, -0.2) is 23.2 Å². The minimum atomic E-state index is 0.388. The number of ether oxygens (including phenoxy) is 1. The van der Waals surface area contributed by atoms with Gasteiger partial charge in [-0.25, -0.2) is 4.98 Å². The molecule has 1 saturated heterocycles. The van der Waals surface area contributed by atoms with E-state index in [2.05, 4.69) is 9.97 Å². The third kappa shape index (κ3) is 2.11. The lowest BCUT2D eigenvalue weighted by molar-refractivity contribution is 0.0856. The first-order valence-electron chi connectivity index (χ1n) is 6.10. The molecule has 3 rings (SSSR count). The number of nitrogens with zero attached hydrogens (tertiary/aromatic N) is 1. The van der Waals surface area contributed by atoms with Crippen molar-refractivity contribution in [3.8, 4) is 0 Å². The Morgan fingerprint density at radius 2 is 2.11 bits per heavy atom. The first kappa shape index (κ1) is 12.3. The normalized spacial score (nSPS) is 17.4. The van der Waals surface area contributed by atoms with E-state index in [0.717, 1.165) is 53.5 Å². The molecule has 0 aliphatic carbocycles. The van der Waals surface area contributed by atoms with Gasteiger partial charge >= 0.3 is 0 Å². The van der Waals surface area contributed by atoms with Gasteiger partial charge in [0, 0.05) is 23.8 Å². The van der Waals surface area contributed by atoms with Crippen molar-refractivity contribution in [3.05, 3.63) is 28.5 Å². The van der Waals surface area contributed by atoms with Gasteiger partial charge in [0.2, 0.25) is 0 Å². The Morgan fingerprint density at radius 3 is 2.83 bits per heavy atom. The van der Waals surface area contributed by atoms with Crippen LogP contribution in [0, 0.1) is 0 Å². The lowest BCUT2D eigenvalue weighted by atomic mass is 9.91. The molecule has 0 bridgehead atoms. The maximum absolute atomic E-state index is 6.36. The van der Waals surface area contributed by atoms with Gasteiger partial charge in [0.25, 0.3) is 0 Å². The number of hydrogen-bond donors (Lipinski definition) is 1. The van der Waals surface area contributed by atoms with Gasteiger partial charge in [-0.1, -0.05) is 11.6 Å². The molecule has 0 amide bonds. The first-order valence-corrected chi connectivity index (χ1v) is 7.01. The van der Waals surface area contributed by atoms with Crippen molar-refractivity contribution >= 4 is 34.2 Å². The second-order valence-electron chi connectivity index (χ2n) is 4.56. The average molecular weight is 285 g/mol. The van der Waals surface area contributed by atoms with Gasteiger partial charge in [-0.15, -0.1) is 11.6 Å². The maximum Gasteiger partial charge on any atom is 0.122 e. The molecule has 5 heteroatoms. The molecule has 0 radical (unpaired) electrons. The smallest absolute Gasteiger partial charge is 0.122 e. The molecular formula is C13H14Cl2N2O. The van der Waals surface area contributed by atoms with Gasteiger partial charge < -0.3 is 9.72 Å². The molecule has 0 spiro atoms. The fourth-order valence-electron chi connectivity index (χ4n) is 2.56. The van der Waals surface area contributed by atoms with Crippen molar-refractivity contribution < 1.29 is 4.74 Å². The standard InChI is InChI=1S/C13H14Cl2N2O/c14-7-11-16-10-2-1-9(15)12(13(10)17-11)8-3-5-18-6-4-8/h1-2,8H,3-7H2,(H,16,17). The summed E-state index contributed by atoms with van der Waals surface area (Å²) in [4.78, 5) is 7.77. The Bertz CT molecular complexity index is 561. The molecule has 0 unspecified atom stereocenters. The predicted octanol–water partition coefficient (Wildman–Crippen LogP) is 3.85. The van der Waals surface area contributed by atoms with Gasteiger partial charge in [0.15, 0.2) is 0 Å². The fourth-order valence-corrected chi connectivity index (χ4v) is 2.99. The molecule has 1 aromatic heterocycles. The van der Waals surface area contributed by atoms with Crippen LogP contribution in [0.5, 0.6) is 0 Å². The van der Waals surface area contributed by atoms with E-state index in [1.165, 1.54) is 0 Å². The summed E-state index contributed by atoms with van der Waals surface area (Å²) in [7, 11) is 0. The largest absolute Gasteiger partial charge is 0.381 e. The van der Waals surface area contributed by atoms with Crippen LogP contribution in [0.3, 0.4) is 0 Å². The van der Waals surface area contributed by atoms with E-state index in [4.69, 9.17) is 27.9 Å². The summed E-state index contributed by atoms with van der Waals surface area (Å²) >= 11 is 12.2. The van der Waals surface area contributed by atoms with E-state index in [1.54, 1.807) is 0 Å². The van der Waals surface area contributed by atoms with Crippen molar-refractivity contribution in [1.82, 2.24) is 9.97 Å². The molecule has 1 fully saturated rings. The van der Waals surface area contributed by atoms with Crippen LogP contribution < -0.4 is 0 Å². The van der Waals surface area contributed by atoms with E-state index in [-0.39, 0.29) is 0 Å². The zero-order chi connectivity index (χ0) is 12.5. The molecule has 96 valence electrons. The van der Waals surface area contributed by atoms with Crippen LogP contribution in [0.2, 0.25) is 5.02 Å². The van der Waals surface area contributed by atoms with Crippen LogP contribution in [0.1, 0.15) is 30.1 Å². The molecule has 2 heterocycles. The average Bonchev–Trinajstić information content (AvgIpc) is 2.82. The quantitative estimate of drug-likeness (QED) is 0.851. The number of fused-ring (bicyclic) bond motifs is 1. The summed E-state index contributed by atoms with van der Waals surface area (Å²) < 4.78 is 5.41. The van der Waals surface area contributed by atoms with E-state index in [9.17, 15) is 0 Å². The topological polar surface area (TPSA) is 37.9 Å². The van der Waals surface area contributed by atoms with Gasteiger partial charge in [-0.05, 0) is 30.9 Å². The second-order valence-corrected chi connectivity index (χ2v) is 5.24. The molecule has 1 aliphatic rings. The summed E-state index contributed by atoms with van der Waals surface area (Å²) in [6.07, 6.45) is 2.00. The highest BCUT2D eigenvalue weighted by molar-refractivity contribution is 6.32. The molecule has 2 aromatic rings. The number of halogens is 2. The van der Waals surface area contributed by atoms with Gasteiger partial charge in [0.05, 0.1) is 16.9 Å². The number of benzene rings is 1. The maximum atomic E-state index is 6.36. The zero-order valence-electron chi connectivity index (χ0n) is 9.88. The van der Waals surface area contributed by atoms with Crippen LogP contribution in [0.25, 0.3) is 11.0 Å². The number of imidazole rings is 1. The van der Waals surface area contributed by atoms with Crippen LogP contribution >= 0.6 is 23.2 Å². The Hall–Kier alpha value is -0.770. The van der Waals surface area contributed by atoms with Crippen molar-refractivity contribution in [3.63, 3.8) is 0 Å². The summed E-state index contributed by atoms with van der Waals surface area (Å²) in [6, 6.07) is 3.90. The molecule has 1 aliphatic heterocycles. The number of H-pyrrole nitrogens is 1. The first-order chi connectivity index (χ1) is 8.79. The van der Waals surface area contributed by atoms with Crippen molar-refractivity contribution in [1.29, 1.82) is 0 Å². The minimum absolute atomic E-state index is 0.388. The van der Waals surface area contributed by atoms with Crippen molar-refractivity contribution in [2.24, 2.45) is 0 Å². The van der Waals surface area contributed by atoms with Crippen LogP contribution in [0.4, 0.5) is 0 Å². The van der Waals surface area contributed by atoms with Gasteiger partial charge in [-0.2, -0.15) is 0 Å². The highest BCUT2D eigenvalue weighted by Gasteiger charge is 2.22. The lowest BCUT2D eigenvalue weighted by Gasteiger charge is -2.23. The Balaban J connectivity index is 2.12. The van der Waals surface area contributed by atoms with Crippen molar-refractivity contribution in [2.75, 3.05) is 13.2 Å². The molecule has 0 atom stereocenters. The van der Waals surface area contributed by atoms with Crippen molar-refractivity contribution in [2.45, 2.75) is 24.6 Å². The third-order valence-corrected chi connectivity index (χ3v) is 4.03. The second kappa shape index (κ2) is 5.08. The summed E-state index contributed by atoms with van der Waals surface area (Å²) in [5.41, 5.74) is 3.12. The molecule has 1 aromatic carbocycles. The minimum Gasteiger partial charge on any atom is -0.381 e. The van der Waals surface area contributed by atoms with E-state index < -0.39 is 0 Å². The van der Waals surface area contributed by atoms with E-state index >= 15 is 0 Å². The molecule has 3 nitrogen and oxygen atoms in total. The molecular weight excluding hydrogens is 271 g/mol. The zero-order valence-corrected chi connectivity index (χ0v) is 11.4. The number of aromatic nitrogens is 2. The van der Waals surface area contributed by atoms with Crippen LogP contribution in [0.15, 0.2) is 12.1 Å². The number of aromatic amines is 1. The molecule has 0 saturated carbocycles.